The zero-order valence-corrected chi connectivity index (χ0v) is 17.1. The van der Waals surface area contributed by atoms with Gasteiger partial charge >= 0.3 is 0 Å². The van der Waals surface area contributed by atoms with Crippen LogP contribution in [0.5, 0.6) is 0 Å². The lowest BCUT2D eigenvalue weighted by Crippen LogP contribution is -2.45. The van der Waals surface area contributed by atoms with Crippen LogP contribution in [-0.2, 0) is 0 Å². The zero-order chi connectivity index (χ0) is 21.4. The lowest BCUT2D eigenvalue weighted by atomic mass is 9.98. The van der Waals surface area contributed by atoms with Crippen molar-refractivity contribution in [3.8, 4) is 11.1 Å². The number of nitrogens with two attached hydrogens (primary N) is 1. The maximum Gasteiger partial charge on any atom is 0.181 e. The third-order valence-electron chi connectivity index (χ3n) is 5.15. The molecule has 8 heteroatoms. The summed E-state index contributed by atoms with van der Waals surface area (Å²) in [6, 6.07) is 10.1. The quantitative estimate of drug-likeness (QED) is 0.800. The molecule has 156 valence electrons. The van der Waals surface area contributed by atoms with E-state index in [9.17, 15) is 8.78 Å². The number of nitrogens with one attached hydrogen (secondary N) is 1. The summed E-state index contributed by atoms with van der Waals surface area (Å²) >= 11 is 0. The SMILES string of the molecule is CC(C)c1ccc(-c2cnc(N)c(C3=NN(C)NN3C3=CC=CC(F)C3F)c2)cc1. The van der Waals surface area contributed by atoms with Crippen molar-refractivity contribution in [3.63, 3.8) is 0 Å². The van der Waals surface area contributed by atoms with Crippen LogP contribution >= 0.6 is 0 Å². The summed E-state index contributed by atoms with van der Waals surface area (Å²) in [4.78, 5) is 4.32. The van der Waals surface area contributed by atoms with Gasteiger partial charge in [-0.15, -0.1) is 10.6 Å². The van der Waals surface area contributed by atoms with Crippen LogP contribution in [0.1, 0.15) is 30.9 Å². The smallest absolute Gasteiger partial charge is 0.181 e. The Hall–Kier alpha value is -3.26. The second kappa shape index (κ2) is 7.87. The van der Waals surface area contributed by atoms with E-state index >= 15 is 0 Å². The monoisotopic (exact) mass is 410 g/mol. The van der Waals surface area contributed by atoms with E-state index < -0.39 is 12.3 Å². The van der Waals surface area contributed by atoms with Crippen LogP contribution in [0.2, 0.25) is 0 Å². The van der Waals surface area contributed by atoms with E-state index in [0.717, 1.165) is 11.1 Å². The van der Waals surface area contributed by atoms with Crippen LogP contribution in [0.4, 0.5) is 14.6 Å². The van der Waals surface area contributed by atoms with Gasteiger partial charge in [-0.2, -0.15) is 0 Å². The number of hydrogen-bond donors (Lipinski definition) is 2. The molecule has 30 heavy (non-hydrogen) atoms. The lowest BCUT2D eigenvalue weighted by molar-refractivity contribution is 0.133. The number of alkyl halides is 2. The van der Waals surface area contributed by atoms with Gasteiger partial charge in [0, 0.05) is 18.8 Å². The average Bonchev–Trinajstić information content (AvgIpc) is 3.11. The minimum atomic E-state index is -1.82. The number of nitrogens with zero attached hydrogens (tertiary/aromatic N) is 4. The van der Waals surface area contributed by atoms with Crippen molar-refractivity contribution in [2.45, 2.75) is 32.1 Å². The van der Waals surface area contributed by atoms with Gasteiger partial charge in [0.15, 0.2) is 18.2 Å². The molecule has 1 aromatic carbocycles. The van der Waals surface area contributed by atoms with Crippen LogP contribution in [0, 0.1) is 0 Å². The molecule has 0 saturated heterocycles. The molecule has 2 aliphatic rings. The fourth-order valence-corrected chi connectivity index (χ4v) is 3.44. The third kappa shape index (κ3) is 3.66. The number of rotatable bonds is 4. The van der Waals surface area contributed by atoms with Gasteiger partial charge in [0.1, 0.15) is 5.82 Å². The molecule has 0 bridgehead atoms. The predicted molar refractivity (Wildman–Crippen MR) is 114 cm³/mol. The topological polar surface area (TPSA) is 69.8 Å². The number of anilines is 1. The Morgan fingerprint density at radius 1 is 1.13 bits per heavy atom. The first-order valence-electron chi connectivity index (χ1n) is 9.76. The summed E-state index contributed by atoms with van der Waals surface area (Å²) in [6.07, 6.45) is 2.34. The highest BCUT2D eigenvalue weighted by Gasteiger charge is 2.35. The molecule has 0 saturated carbocycles. The molecule has 0 amide bonds. The van der Waals surface area contributed by atoms with Crippen molar-refractivity contribution in [2.75, 3.05) is 12.8 Å². The van der Waals surface area contributed by atoms with E-state index in [2.05, 4.69) is 41.6 Å². The number of hydrazone groups is 1. The number of aromatic nitrogens is 1. The third-order valence-corrected chi connectivity index (χ3v) is 5.15. The van der Waals surface area contributed by atoms with Gasteiger partial charge in [0.2, 0.25) is 0 Å². The van der Waals surface area contributed by atoms with E-state index in [1.165, 1.54) is 33.9 Å². The van der Waals surface area contributed by atoms with Crippen molar-refractivity contribution in [1.29, 1.82) is 0 Å². The molecule has 2 heterocycles. The molecule has 2 atom stereocenters. The first kappa shape index (κ1) is 20.0. The Labute approximate surface area is 174 Å². The summed E-state index contributed by atoms with van der Waals surface area (Å²) in [5.74, 6) is 1.03. The number of benzene rings is 1. The van der Waals surface area contributed by atoms with Crippen molar-refractivity contribution in [3.05, 3.63) is 71.6 Å². The molecule has 1 aromatic heterocycles. The summed E-state index contributed by atoms with van der Waals surface area (Å²) in [5.41, 5.74) is 12.8. The highest BCUT2D eigenvalue weighted by Crippen LogP contribution is 2.29. The molecular weight excluding hydrogens is 386 g/mol. The van der Waals surface area contributed by atoms with E-state index in [1.54, 1.807) is 13.2 Å². The summed E-state index contributed by atoms with van der Waals surface area (Å²) in [6.45, 7) is 4.28. The van der Waals surface area contributed by atoms with E-state index in [1.807, 2.05) is 18.2 Å². The minimum absolute atomic E-state index is 0.110. The average molecular weight is 410 g/mol. The zero-order valence-electron chi connectivity index (χ0n) is 17.1. The first-order valence-corrected chi connectivity index (χ1v) is 9.76. The number of hydrazine groups is 2. The normalized spacial score (nSPS) is 21.3. The maximum atomic E-state index is 14.6. The number of amidine groups is 1. The van der Waals surface area contributed by atoms with Crippen molar-refractivity contribution < 1.29 is 8.78 Å². The van der Waals surface area contributed by atoms with Gasteiger partial charge in [-0.25, -0.2) is 23.9 Å². The second-order valence-corrected chi connectivity index (χ2v) is 7.64. The molecule has 1 aliphatic heterocycles. The van der Waals surface area contributed by atoms with Crippen molar-refractivity contribution in [2.24, 2.45) is 5.10 Å². The molecule has 0 spiro atoms. The number of nitrogen functional groups attached to an aromatic ring is 1. The highest BCUT2D eigenvalue weighted by molar-refractivity contribution is 6.04. The van der Waals surface area contributed by atoms with Gasteiger partial charge < -0.3 is 5.73 Å². The largest absolute Gasteiger partial charge is 0.383 e. The maximum absolute atomic E-state index is 14.6. The summed E-state index contributed by atoms with van der Waals surface area (Å²) < 4.78 is 28.5. The second-order valence-electron chi connectivity index (χ2n) is 7.64. The standard InChI is InChI=1S/C22H24F2N6/c1-13(2)14-7-9-15(10-8-14)16-11-17(21(25)26-12-16)22-27-29(3)28-30(22)19-6-4-5-18(23)20(19)24/h4-13,18,20,28H,1-3H3,(H2,25,26). The molecule has 0 fully saturated rings. The fraction of sp³-hybridized carbons (Fsp3) is 0.273. The molecule has 2 unspecified atom stereocenters. The summed E-state index contributed by atoms with van der Waals surface area (Å²) in [5, 5.41) is 7.22. The van der Waals surface area contributed by atoms with E-state index in [-0.39, 0.29) is 11.5 Å². The predicted octanol–water partition coefficient (Wildman–Crippen LogP) is 3.91. The van der Waals surface area contributed by atoms with Crippen LogP contribution in [0.15, 0.2) is 65.6 Å². The van der Waals surface area contributed by atoms with Crippen molar-refractivity contribution >= 4 is 11.7 Å². The van der Waals surface area contributed by atoms with Crippen LogP contribution < -0.4 is 11.3 Å². The van der Waals surface area contributed by atoms with Gasteiger partial charge in [-0.3, -0.25) is 0 Å². The Bertz CT molecular complexity index is 1030. The minimum Gasteiger partial charge on any atom is -0.383 e. The van der Waals surface area contributed by atoms with Crippen LogP contribution in [-0.4, -0.2) is 40.3 Å². The van der Waals surface area contributed by atoms with Gasteiger partial charge in [-0.1, -0.05) is 44.2 Å². The molecule has 1 aliphatic carbocycles. The Balaban J connectivity index is 1.72. The number of hydrogen-bond acceptors (Lipinski definition) is 6. The van der Waals surface area contributed by atoms with Gasteiger partial charge in [0.25, 0.3) is 0 Å². The van der Waals surface area contributed by atoms with Gasteiger partial charge in [-0.05, 0) is 35.3 Å². The highest BCUT2D eigenvalue weighted by atomic mass is 19.2. The molecule has 2 aromatic rings. The fourth-order valence-electron chi connectivity index (χ4n) is 3.44. The molecule has 0 radical (unpaired) electrons. The van der Waals surface area contributed by atoms with Crippen LogP contribution in [0.3, 0.4) is 0 Å². The van der Waals surface area contributed by atoms with Crippen LogP contribution in [0.25, 0.3) is 11.1 Å². The molecule has 3 N–H and O–H groups in total. The molecular formula is C22H24F2N6. The molecule has 4 rings (SSSR count). The Morgan fingerprint density at radius 2 is 1.87 bits per heavy atom. The van der Waals surface area contributed by atoms with Crippen molar-refractivity contribution in [1.82, 2.24) is 20.6 Å². The number of pyridine rings is 1. The Kier molecular flexibility index (Phi) is 5.26. The summed E-state index contributed by atoms with van der Waals surface area (Å²) in [7, 11) is 1.66. The Morgan fingerprint density at radius 3 is 2.57 bits per heavy atom. The molecule has 6 nitrogen and oxygen atoms in total. The number of allylic oxidation sites excluding steroid dienone is 4. The first-order chi connectivity index (χ1) is 14.3. The van der Waals surface area contributed by atoms with E-state index in [4.69, 9.17) is 5.73 Å². The number of halogens is 2. The lowest BCUT2D eigenvalue weighted by Gasteiger charge is -2.28. The van der Waals surface area contributed by atoms with E-state index in [0.29, 0.717) is 17.3 Å². The van der Waals surface area contributed by atoms with Gasteiger partial charge in [0.05, 0.1) is 11.3 Å².